The highest BCUT2D eigenvalue weighted by Gasteiger charge is 2.07. The molecule has 1 aromatic heterocycles. The molecule has 1 heterocycles. The maximum Gasteiger partial charge on any atom is 0.220 e. The van der Waals surface area contributed by atoms with Crippen molar-refractivity contribution in [3.63, 3.8) is 0 Å². The fourth-order valence-corrected chi connectivity index (χ4v) is 3.30. The number of nitrogens with zero attached hydrogens (tertiary/aromatic N) is 2. The lowest BCUT2D eigenvalue weighted by Gasteiger charge is -2.20. The first-order chi connectivity index (χ1) is 12.8. The Bertz CT molecular complexity index is 1060. The van der Waals surface area contributed by atoms with Gasteiger partial charge in [-0.2, -0.15) is 0 Å². The summed E-state index contributed by atoms with van der Waals surface area (Å²) in [5.74, 6) is 0.629. The summed E-state index contributed by atoms with van der Waals surface area (Å²) in [4.78, 5) is 7.00. The Morgan fingerprint density at radius 2 is 1.65 bits per heavy atom. The molecule has 26 heavy (non-hydrogen) atoms. The zero-order valence-electron chi connectivity index (χ0n) is 15.1. The Hall–Kier alpha value is -3.07. The van der Waals surface area contributed by atoms with Gasteiger partial charge in [-0.05, 0) is 49.1 Å². The summed E-state index contributed by atoms with van der Waals surface area (Å²) >= 11 is 0. The number of aromatic nitrogens is 1. The predicted molar refractivity (Wildman–Crippen MR) is 110 cm³/mol. The topological polar surface area (TPSA) is 29.3 Å². The molecule has 0 radical (unpaired) electrons. The standard InChI is InChI=1S/C23H22N2O/c1-3-25(4-2)19-13-9-17(10-14-19)11-16-22-24-23-20-8-6-5-7-18(20)12-15-21(23)26-22/h5-16H,3-4H2,1-2H3. The van der Waals surface area contributed by atoms with E-state index in [4.69, 9.17) is 4.42 Å². The molecule has 4 rings (SSSR count). The minimum Gasteiger partial charge on any atom is -0.437 e. The molecular formula is C23H22N2O. The molecule has 0 fully saturated rings. The van der Waals surface area contributed by atoms with E-state index in [0.717, 1.165) is 35.1 Å². The van der Waals surface area contributed by atoms with Gasteiger partial charge in [0.05, 0.1) is 0 Å². The molecule has 0 aliphatic heterocycles. The number of benzene rings is 3. The maximum absolute atomic E-state index is 5.89. The summed E-state index contributed by atoms with van der Waals surface area (Å²) < 4.78 is 5.89. The molecule has 3 nitrogen and oxygen atoms in total. The first kappa shape index (κ1) is 16.4. The fraction of sp³-hybridized carbons (Fsp3) is 0.174. The van der Waals surface area contributed by atoms with Crippen LogP contribution in [0.1, 0.15) is 25.3 Å². The van der Waals surface area contributed by atoms with Crippen LogP contribution in [0.25, 0.3) is 34.0 Å². The molecule has 0 saturated carbocycles. The minimum absolute atomic E-state index is 0.629. The van der Waals surface area contributed by atoms with Crippen LogP contribution in [-0.2, 0) is 0 Å². The summed E-state index contributed by atoms with van der Waals surface area (Å²) in [5, 5.41) is 2.30. The number of anilines is 1. The van der Waals surface area contributed by atoms with Gasteiger partial charge in [-0.15, -0.1) is 0 Å². The lowest BCUT2D eigenvalue weighted by atomic mass is 10.1. The Balaban J connectivity index is 1.61. The fourth-order valence-electron chi connectivity index (χ4n) is 3.30. The molecule has 4 aromatic rings. The lowest BCUT2D eigenvalue weighted by molar-refractivity contribution is 0.590. The Morgan fingerprint density at radius 3 is 2.42 bits per heavy atom. The van der Waals surface area contributed by atoms with Crippen LogP contribution in [0.3, 0.4) is 0 Å². The number of rotatable bonds is 5. The average Bonchev–Trinajstić information content (AvgIpc) is 3.12. The van der Waals surface area contributed by atoms with Crippen molar-refractivity contribution in [2.24, 2.45) is 0 Å². The molecule has 0 N–H and O–H groups in total. The molecule has 0 amide bonds. The van der Waals surface area contributed by atoms with Crippen LogP contribution in [0.2, 0.25) is 0 Å². The van der Waals surface area contributed by atoms with Gasteiger partial charge in [0, 0.05) is 30.2 Å². The number of hydrogen-bond acceptors (Lipinski definition) is 3. The van der Waals surface area contributed by atoms with Crippen molar-refractivity contribution < 1.29 is 4.42 Å². The van der Waals surface area contributed by atoms with Crippen molar-refractivity contribution in [2.45, 2.75) is 13.8 Å². The van der Waals surface area contributed by atoms with Crippen LogP contribution < -0.4 is 4.90 Å². The SMILES string of the molecule is CCN(CC)c1ccc(C=Cc2nc3c(ccc4ccccc43)o2)cc1. The van der Waals surface area contributed by atoms with E-state index in [1.165, 1.54) is 11.1 Å². The maximum atomic E-state index is 5.89. The molecule has 0 spiro atoms. The smallest absolute Gasteiger partial charge is 0.220 e. The predicted octanol–water partition coefficient (Wildman–Crippen LogP) is 6.00. The molecule has 3 heteroatoms. The van der Waals surface area contributed by atoms with Gasteiger partial charge in [0.1, 0.15) is 5.52 Å². The van der Waals surface area contributed by atoms with Gasteiger partial charge in [-0.25, -0.2) is 4.98 Å². The number of hydrogen-bond donors (Lipinski definition) is 0. The lowest BCUT2D eigenvalue weighted by Crippen LogP contribution is -2.21. The van der Waals surface area contributed by atoms with Crippen LogP contribution >= 0.6 is 0 Å². The van der Waals surface area contributed by atoms with Crippen LogP contribution in [0.15, 0.2) is 65.1 Å². The molecule has 3 aromatic carbocycles. The van der Waals surface area contributed by atoms with Gasteiger partial charge in [0.25, 0.3) is 0 Å². The van der Waals surface area contributed by atoms with Crippen molar-refractivity contribution in [3.05, 3.63) is 72.1 Å². The normalized spacial score (nSPS) is 11.6. The van der Waals surface area contributed by atoms with Crippen LogP contribution in [0.5, 0.6) is 0 Å². The summed E-state index contributed by atoms with van der Waals surface area (Å²) in [6, 6.07) is 20.9. The van der Waals surface area contributed by atoms with Crippen molar-refractivity contribution in [2.75, 3.05) is 18.0 Å². The summed E-state index contributed by atoms with van der Waals surface area (Å²) in [6.07, 6.45) is 3.97. The molecule has 0 bridgehead atoms. The zero-order chi connectivity index (χ0) is 17.9. The van der Waals surface area contributed by atoms with E-state index in [-0.39, 0.29) is 0 Å². The second-order valence-corrected chi connectivity index (χ2v) is 6.28. The van der Waals surface area contributed by atoms with Gasteiger partial charge >= 0.3 is 0 Å². The van der Waals surface area contributed by atoms with Gasteiger partial charge in [-0.3, -0.25) is 0 Å². The van der Waals surface area contributed by atoms with E-state index in [0.29, 0.717) is 5.89 Å². The second-order valence-electron chi connectivity index (χ2n) is 6.28. The van der Waals surface area contributed by atoms with Crippen molar-refractivity contribution in [3.8, 4) is 0 Å². The zero-order valence-corrected chi connectivity index (χ0v) is 15.1. The Labute approximate surface area is 153 Å². The van der Waals surface area contributed by atoms with E-state index in [1.807, 2.05) is 30.4 Å². The number of fused-ring (bicyclic) bond motifs is 3. The van der Waals surface area contributed by atoms with Gasteiger partial charge in [-0.1, -0.05) is 42.5 Å². The minimum atomic E-state index is 0.629. The molecule has 0 saturated heterocycles. The van der Waals surface area contributed by atoms with Gasteiger partial charge < -0.3 is 9.32 Å². The van der Waals surface area contributed by atoms with Crippen molar-refractivity contribution in [1.82, 2.24) is 4.98 Å². The third-order valence-corrected chi connectivity index (χ3v) is 4.74. The van der Waals surface area contributed by atoms with Crippen LogP contribution in [0.4, 0.5) is 5.69 Å². The number of oxazole rings is 1. The molecule has 130 valence electrons. The van der Waals surface area contributed by atoms with Crippen molar-refractivity contribution in [1.29, 1.82) is 0 Å². The quantitative estimate of drug-likeness (QED) is 0.445. The Morgan fingerprint density at radius 1 is 0.885 bits per heavy atom. The van der Waals surface area contributed by atoms with E-state index in [2.05, 4.69) is 66.2 Å². The van der Waals surface area contributed by atoms with E-state index in [9.17, 15) is 0 Å². The van der Waals surface area contributed by atoms with Gasteiger partial charge in [0.2, 0.25) is 5.89 Å². The highest BCUT2D eigenvalue weighted by molar-refractivity contribution is 6.03. The molecule has 0 atom stereocenters. The molecular weight excluding hydrogens is 320 g/mol. The van der Waals surface area contributed by atoms with Crippen LogP contribution in [0, 0.1) is 0 Å². The van der Waals surface area contributed by atoms with Crippen LogP contribution in [-0.4, -0.2) is 18.1 Å². The largest absolute Gasteiger partial charge is 0.437 e. The summed E-state index contributed by atoms with van der Waals surface area (Å²) in [6.45, 7) is 6.38. The first-order valence-corrected chi connectivity index (χ1v) is 9.10. The molecule has 0 aliphatic carbocycles. The second kappa shape index (κ2) is 7.04. The molecule has 0 unspecified atom stereocenters. The molecule has 0 aliphatic rings. The first-order valence-electron chi connectivity index (χ1n) is 9.10. The third kappa shape index (κ3) is 3.08. The third-order valence-electron chi connectivity index (χ3n) is 4.74. The van der Waals surface area contributed by atoms with E-state index in [1.54, 1.807) is 0 Å². The van der Waals surface area contributed by atoms with E-state index >= 15 is 0 Å². The highest BCUT2D eigenvalue weighted by atomic mass is 16.3. The summed E-state index contributed by atoms with van der Waals surface area (Å²) in [7, 11) is 0. The van der Waals surface area contributed by atoms with E-state index < -0.39 is 0 Å². The van der Waals surface area contributed by atoms with Gasteiger partial charge in [0.15, 0.2) is 5.58 Å². The average molecular weight is 342 g/mol. The summed E-state index contributed by atoms with van der Waals surface area (Å²) in [5.41, 5.74) is 4.12. The highest BCUT2D eigenvalue weighted by Crippen LogP contribution is 2.26. The Kier molecular flexibility index (Phi) is 4.44. The van der Waals surface area contributed by atoms with Crippen molar-refractivity contribution >= 4 is 39.7 Å². The monoisotopic (exact) mass is 342 g/mol.